The monoisotopic (exact) mass is 268 g/mol. The first-order chi connectivity index (χ1) is 9.69. The van der Waals surface area contributed by atoms with Crippen LogP contribution in [0.1, 0.15) is 5.56 Å². The van der Waals surface area contributed by atoms with Gasteiger partial charge in [0.15, 0.2) is 11.0 Å². The standard InChI is InChI=1S/C13H12N6O/c14-6-7-5-8(1-2-9(7)15)17-11-4-3-10(16)12-13(11)19-20-18-12/h1-6,14,17H,15-16H2. The van der Waals surface area contributed by atoms with Gasteiger partial charge in [0.2, 0.25) is 0 Å². The summed E-state index contributed by atoms with van der Waals surface area (Å²) in [5, 5.41) is 18.1. The maximum Gasteiger partial charge on any atom is 0.160 e. The molecule has 0 fully saturated rings. The topological polar surface area (TPSA) is 127 Å². The molecular formula is C13H12N6O. The molecule has 0 saturated carbocycles. The molecule has 0 bridgehead atoms. The van der Waals surface area contributed by atoms with E-state index in [9.17, 15) is 0 Å². The van der Waals surface area contributed by atoms with Crippen LogP contribution < -0.4 is 16.8 Å². The number of hydrogen-bond donors (Lipinski definition) is 4. The molecule has 0 radical (unpaired) electrons. The Morgan fingerprint density at radius 1 is 1.05 bits per heavy atom. The van der Waals surface area contributed by atoms with Gasteiger partial charge >= 0.3 is 0 Å². The highest BCUT2D eigenvalue weighted by Gasteiger charge is 2.10. The van der Waals surface area contributed by atoms with Gasteiger partial charge < -0.3 is 22.2 Å². The third-order valence-electron chi connectivity index (χ3n) is 2.97. The van der Waals surface area contributed by atoms with E-state index in [1.807, 2.05) is 6.07 Å². The normalized spacial score (nSPS) is 10.6. The predicted molar refractivity (Wildman–Crippen MR) is 78.2 cm³/mol. The molecule has 3 rings (SSSR count). The molecule has 7 nitrogen and oxygen atoms in total. The van der Waals surface area contributed by atoms with Crippen LogP contribution in [0.3, 0.4) is 0 Å². The summed E-state index contributed by atoms with van der Waals surface area (Å²) in [6, 6.07) is 8.85. The number of anilines is 4. The number of benzene rings is 2. The summed E-state index contributed by atoms with van der Waals surface area (Å²) in [4.78, 5) is 0. The van der Waals surface area contributed by atoms with Crippen LogP contribution in [0.4, 0.5) is 22.7 Å². The van der Waals surface area contributed by atoms with Crippen molar-refractivity contribution in [3.63, 3.8) is 0 Å². The largest absolute Gasteiger partial charge is 0.398 e. The van der Waals surface area contributed by atoms with E-state index >= 15 is 0 Å². The van der Waals surface area contributed by atoms with Crippen LogP contribution in [0.25, 0.3) is 11.0 Å². The van der Waals surface area contributed by atoms with Gasteiger partial charge in [-0.1, -0.05) is 0 Å². The molecule has 0 aliphatic rings. The highest BCUT2D eigenvalue weighted by atomic mass is 16.6. The third kappa shape index (κ3) is 1.91. The van der Waals surface area contributed by atoms with Gasteiger partial charge in [0.05, 0.1) is 11.4 Å². The Bertz CT molecular complexity index is 795. The van der Waals surface area contributed by atoms with E-state index in [4.69, 9.17) is 21.5 Å². The van der Waals surface area contributed by atoms with E-state index in [1.165, 1.54) is 6.21 Å². The number of rotatable bonds is 3. The lowest BCUT2D eigenvalue weighted by molar-refractivity contribution is 0.316. The molecule has 1 heterocycles. The van der Waals surface area contributed by atoms with Gasteiger partial charge in [-0.25, -0.2) is 4.63 Å². The molecule has 20 heavy (non-hydrogen) atoms. The highest BCUT2D eigenvalue weighted by Crippen LogP contribution is 2.28. The molecular weight excluding hydrogens is 256 g/mol. The molecule has 0 unspecified atom stereocenters. The minimum Gasteiger partial charge on any atom is -0.398 e. The number of fused-ring (bicyclic) bond motifs is 1. The molecule has 100 valence electrons. The van der Waals surface area contributed by atoms with Gasteiger partial charge in [0.25, 0.3) is 0 Å². The number of hydrogen-bond acceptors (Lipinski definition) is 7. The van der Waals surface area contributed by atoms with Gasteiger partial charge in [0, 0.05) is 23.2 Å². The smallest absolute Gasteiger partial charge is 0.160 e. The minimum atomic E-state index is 0.504. The highest BCUT2D eigenvalue weighted by molar-refractivity contribution is 5.96. The zero-order valence-corrected chi connectivity index (χ0v) is 10.4. The number of nitrogens with two attached hydrogens (primary N) is 2. The van der Waals surface area contributed by atoms with Crippen LogP contribution >= 0.6 is 0 Å². The molecule has 1 aromatic heterocycles. The van der Waals surface area contributed by atoms with Crippen LogP contribution in [0.15, 0.2) is 35.0 Å². The Labute approximate surface area is 114 Å². The zero-order chi connectivity index (χ0) is 14.1. The van der Waals surface area contributed by atoms with Gasteiger partial charge in [-0.2, -0.15) is 0 Å². The lowest BCUT2D eigenvalue weighted by atomic mass is 10.1. The van der Waals surface area contributed by atoms with Crippen LogP contribution in [-0.2, 0) is 0 Å². The second-order valence-corrected chi connectivity index (χ2v) is 4.28. The predicted octanol–water partition coefficient (Wildman–Crippen LogP) is 2.13. The summed E-state index contributed by atoms with van der Waals surface area (Å²) in [5.74, 6) is 0. The van der Waals surface area contributed by atoms with Crippen molar-refractivity contribution in [3.05, 3.63) is 35.9 Å². The summed E-state index contributed by atoms with van der Waals surface area (Å²) in [5.41, 5.74) is 15.8. The lowest BCUT2D eigenvalue weighted by Gasteiger charge is -2.09. The van der Waals surface area contributed by atoms with E-state index in [0.29, 0.717) is 28.0 Å². The van der Waals surface area contributed by atoms with Gasteiger partial charge in [-0.15, -0.1) is 0 Å². The summed E-state index contributed by atoms with van der Waals surface area (Å²) < 4.78 is 4.71. The molecule has 0 saturated heterocycles. The Kier molecular flexibility index (Phi) is 2.72. The quantitative estimate of drug-likeness (QED) is 0.425. The SMILES string of the molecule is N=Cc1cc(Nc2ccc(N)c3nonc23)ccc1N. The Morgan fingerprint density at radius 2 is 1.80 bits per heavy atom. The summed E-state index contributed by atoms with van der Waals surface area (Å²) in [6.07, 6.45) is 1.21. The zero-order valence-electron chi connectivity index (χ0n) is 10.4. The van der Waals surface area contributed by atoms with Gasteiger partial charge in [0.1, 0.15) is 0 Å². The van der Waals surface area contributed by atoms with Crippen molar-refractivity contribution < 1.29 is 4.63 Å². The number of nitrogens with zero attached hydrogens (tertiary/aromatic N) is 2. The second kappa shape index (κ2) is 4.54. The summed E-state index contributed by atoms with van der Waals surface area (Å²) >= 11 is 0. The molecule has 0 aliphatic heterocycles. The Hall–Kier alpha value is -3.09. The lowest BCUT2D eigenvalue weighted by Crippen LogP contribution is -1.97. The van der Waals surface area contributed by atoms with Gasteiger partial charge in [-0.05, 0) is 40.6 Å². The van der Waals surface area contributed by atoms with Crippen molar-refractivity contribution in [2.45, 2.75) is 0 Å². The fourth-order valence-corrected chi connectivity index (χ4v) is 1.92. The molecule has 0 aliphatic carbocycles. The van der Waals surface area contributed by atoms with Crippen molar-refractivity contribution in [3.8, 4) is 0 Å². The average molecular weight is 268 g/mol. The van der Waals surface area contributed by atoms with Crippen molar-refractivity contribution >= 4 is 40.0 Å². The fraction of sp³-hybridized carbons (Fsp3) is 0. The van der Waals surface area contributed by atoms with E-state index in [1.54, 1.807) is 24.3 Å². The molecule has 0 amide bonds. The van der Waals surface area contributed by atoms with Crippen LogP contribution in [0.5, 0.6) is 0 Å². The van der Waals surface area contributed by atoms with Crippen molar-refractivity contribution in [2.75, 3.05) is 16.8 Å². The number of nitrogens with one attached hydrogen (secondary N) is 2. The summed E-state index contributed by atoms with van der Waals surface area (Å²) in [7, 11) is 0. The van der Waals surface area contributed by atoms with Crippen LogP contribution in [0, 0.1) is 5.41 Å². The fourth-order valence-electron chi connectivity index (χ4n) is 1.92. The third-order valence-corrected chi connectivity index (χ3v) is 2.97. The van der Waals surface area contributed by atoms with E-state index in [2.05, 4.69) is 15.6 Å². The van der Waals surface area contributed by atoms with E-state index in [-0.39, 0.29) is 0 Å². The van der Waals surface area contributed by atoms with Gasteiger partial charge in [-0.3, -0.25) is 0 Å². The van der Waals surface area contributed by atoms with Crippen molar-refractivity contribution in [1.82, 2.24) is 10.3 Å². The molecule has 2 aromatic carbocycles. The first-order valence-electron chi connectivity index (χ1n) is 5.87. The van der Waals surface area contributed by atoms with Crippen LogP contribution in [-0.4, -0.2) is 16.5 Å². The van der Waals surface area contributed by atoms with Crippen molar-refractivity contribution in [1.29, 1.82) is 5.41 Å². The van der Waals surface area contributed by atoms with Crippen LogP contribution in [0.2, 0.25) is 0 Å². The average Bonchev–Trinajstić information content (AvgIpc) is 2.94. The maximum atomic E-state index is 7.31. The minimum absolute atomic E-state index is 0.504. The first-order valence-corrected chi connectivity index (χ1v) is 5.87. The van der Waals surface area contributed by atoms with E-state index in [0.717, 1.165) is 11.4 Å². The Balaban J connectivity index is 2.03. The molecule has 3 aromatic rings. The Morgan fingerprint density at radius 3 is 2.60 bits per heavy atom. The molecule has 0 atom stereocenters. The maximum absolute atomic E-state index is 7.31. The summed E-state index contributed by atoms with van der Waals surface area (Å²) in [6.45, 7) is 0. The molecule has 0 spiro atoms. The van der Waals surface area contributed by atoms with E-state index < -0.39 is 0 Å². The first kappa shape index (κ1) is 12.0. The van der Waals surface area contributed by atoms with Crippen molar-refractivity contribution in [2.24, 2.45) is 0 Å². The second-order valence-electron chi connectivity index (χ2n) is 4.28. The number of aromatic nitrogens is 2. The number of nitrogen functional groups attached to an aromatic ring is 2. The molecule has 6 N–H and O–H groups in total. The molecule has 7 heteroatoms.